The van der Waals surface area contributed by atoms with Crippen LogP contribution < -0.4 is 19.3 Å². The van der Waals surface area contributed by atoms with Crippen LogP contribution in [0.15, 0.2) is 37.1 Å². The molecule has 0 saturated carbocycles. The number of hydrogen-bond acceptors (Lipinski definition) is 9. The number of methoxy groups -OCH3 is 1. The second kappa shape index (κ2) is 8.92. The first-order chi connectivity index (χ1) is 16.4. The number of rotatable bonds is 5. The number of fused-ring (bicyclic) bond motifs is 1. The van der Waals surface area contributed by atoms with E-state index in [0.29, 0.717) is 43.6 Å². The average molecular weight is 473 g/mol. The molecule has 0 radical (unpaired) electrons. The summed E-state index contributed by atoms with van der Waals surface area (Å²) in [7, 11) is 1.17. The van der Waals surface area contributed by atoms with Gasteiger partial charge in [-0.05, 0) is 12.1 Å². The molecule has 12 heteroatoms. The van der Waals surface area contributed by atoms with Gasteiger partial charge in [-0.2, -0.15) is 13.2 Å². The van der Waals surface area contributed by atoms with E-state index in [1.807, 2.05) is 9.80 Å². The lowest BCUT2D eigenvalue weighted by molar-refractivity contribution is -0.139. The summed E-state index contributed by atoms with van der Waals surface area (Å²) in [5.41, 5.74) is 1.04. The molecule has 5 heterocycles. The standard InChI is InChI=1S/C22H22F3N7O2/c1-33-20-17(22(23,24)25)9-14(10-28-20)31-8-4-18-16(12-31)19(30-13-29-18)34-15-3-7-32(11-15)21-26-5-2-6-27-21/h2,5-6,9-10,13,15H,3-4,7-8,11-12H2,1H3/t15-/m0/s1. The molecular formula is C22H22F3N7O2. The third-order valence-corrected chi connectivity index (χ3v) is 5.92. The van der Waals surface area contributed by atoms with Gasteiger partial charge in [-0.15, -0.1) is 0 Å². The molecule has 1 saturated heterocycles. The van der Waals surface area contributed by atoms with E-state index in [-0.39, 0.29) is 6.10 Å². The molecule has 5 rings (SSSR count). The molecular weight excluding hydrogens is 451 g/mol. The number of hydrogen-bond donors (Lipinski definition) is 0. The Morgan fingerprint density at radius 1 is 1.00 bits per heavy atom. The number of ether oxygens (including phenoxy) is 2. The van der Waals surface area contributed by atoms with Gasteiger partial charge in [0.05, 0.1) is 43.3 Å². The van der Waals surface area contributed by atoms with Gasteiger partial charge in [0.25, 0.3) is 0 Å². The van der Waals surface area contributed by atoms with Crippen molar-refractivity contribution < 1.29 is 22.6 Å². The van der Waals surface area contributed by atoms with Crippen molar-refractivity contribution in [3.05, 3.63) is 53.9 Å². The summed E-state index contributed by atoms with van der Waals surface area (Å²) in [4.78, 5) is 25.0. The number of aromatic nitrogens is 5. The molecule has 178 valence electrons. The number of alkyl halides is 3. The van der Waals surface area contributed by atoms with Crippen LogP contribution in [0.3, 0.4) is 0 Å². The first kappa shape index (κ1) is 22.1. The van der Waals surface area contributed by atoms with E-state index in [1.165, 1.54) is 19.6 Å². The molecule has 0 spiro atoms. The van der Waals surface area contributed by atoms with E-state index in [2.05, 4.69) is 24.9 Å². The van der Waals surface area contributed by atoms with Crippen molar-refractivity contribution in [1.82, 2.24) is 24.9 Å². The molecule has 1 atom stereocenters. The van der Waals surface area contributed by atoms with Crippen molar-refractivity contribution in [2.75, 3.05) is 36.5 Å². The molecule has 0 amide bonds. The summed E-state index contributed by atoms with van der Waals surface area (Å²) in [6.45, 7) is 2.18. The maximum absolute atomic E-state index is 13.5. The largest absolute Gasteiger partial charge is 0.481 e. The Bertz CT molecular complexity index is 1160. The number of halogens is 3. The van der Waals surface area contributed by atoms with Crippen LogP contribution in [0.1, 0.15) is 23.2 Å². The Balaban J connectivity index is 1.35. The normalized spacial score (nSPS) is 18.1. The van der Waals surface area contributed by atoms with Gasteiger partial charge in [0.15, 0.2) is 0 Å². The molecule has 1 fully saturated rings. The van der Waals surface area contributed by atoms with Gasteiger partial charge in [-0.25, -0.2) is 24.9 Å². The molecule has 2 aliphatic heterocycles. The number of pyridine rings is 1. The Kier molecular flexibility index (Phi) is 5.80. The highest BCUT2D eigenvalue weighted by Gasteiger charge is 2.36. The van der Waals surface area contributed by atoms with Crippen LogP contribution in [0.4, 0.5) is 24.8 Å². The summed E-state index contributed by atoms with van der Waals surface area (Å²) in [5.74, 6) is 0.652. The third-order valence-electron chi connectivity index (χ3n) is 5.92. The zero-order chi connectivity index (χ0) is 23.7. The van der Waals surface area contributed by atoms with Gasteiger partial charge in [0, 0.05) is 38.3 Å². The average Bonchev–Trinajstić information content (AvgIpc) is 3.32. The minimum atomic E-state index is -4.57. The van der Waals surface area contributed by atoms with Crippen molar-refractivity contribution in [2.45, 2.75) is 31.7 Å². The fourth-order valence-corrected chi connectivity index (χ4v) is 4.24. The number of anilines is 2. The van der Waals surface area contributed by atoms with Crippen LogP contribution in [-0.4, -0.2) is 57.8 Å². The third kappa shape index (κ3) is 4.39. The van der Waals surface area contributed by atoms with E-state index < -0.39 is 17.6 Å². The maximum Gasteiger partial charge on any atom is 0.421 e. The van der Waals surface area contributed by atoms with Gasteiger partial charge in [0.1, 0.15) is 18.0 Å². The first-order valence-corrected chi connectivity index (χ1v) is 10.8. The molecule has 0 unspecified atom stereocenters. The highest BCUT2D eigenvalue weighted by Crippen LogP contribution is 2.38. The van der Waals surface area contributed by atoms with E-state index in [0.717, 1.165) is 30.3 Å². The molecule has 0 bridgehead atoms. The molecule has 0 aliphatic carbocycles. The summed E-state index contributed by atoms with van der Waals surface area (Å²) in [6.07, 6.45) is 2.89. The van der Waals surface area contributed by atoms with Crippen LogP contribution in [-0.2, 0) is 19.1 Å². The first-order valence-electron chi connectivity index (χ1n) is 10.8. The van der Waals surface area contributed by atoms with E-state index >= 15 is 0 Å². The lowest BCUT2D eigenvalue weighted by atomic mass is 10.1. The summed E-state index contributed by atoms with van der Waals surface area (Å²) in [6, 6.07) is 2.83. The Morgan fingerprint density at radius 3 is 2.59 bits per heavy atom. The smallest absolute Gasteiger partial charge is 0.421 e. The fourth-order valence-electron chi connectivity index (χ4n) is 4.24. The summed E-state index contributed by atoms with van der Waals surface area (Å²) < 4.78 is 51.5. The lowest BCUT2D eigenvalue weighted by Crippen LogP contribution is -2.33. The predicted octanol–water partition coefficient (Wildman–Crippen LogP) is 2.91. The van der Waals surface area contributed by atoms with E-state index in [4.69, 9.17) is 9.47 Å². The Labute approximate surface area is 193 Å². The summed E-state index contributed by atoms with van der Waals surface area (Å²) >= 11 is 0. The zero-order valence-corrected chi connectivity index (χ0v) is 18.4. The topological polar surface area (TPSA) is 89.4 Å². The van der Waals surface area contributed by atoms with Gasteiger partial charge in [0.2, 0.25) is 17.7 Å². The maximum atomic E-state index is 13.5. The van der Waals surface area contributed by atoms with Crippen LogP contribution >= 0.6 is 0 Å². The minimum Gasteiger partial charge on any atom is -0.481 e. The van der Waals surface area contributed by atoms with Gasteiger partial charge in [-0.3, -0.25) is 0 Å². The molecule has 2 aliphatic rings. The van der Waals surface area contributed by atoms with Gasteiger partial charge >= 0.3 is 6.18 Å². The van der Waals surface area contributed by atoms with Crippen LogP contribution in [0, 0.1) is 0 Å². The quantitative estimate of drug-likeness (QED) is 0.555. The van der Waals surface area contributed by atoms with E-state index in [9.17, 15) is 13.2 Å². The van der Waals surface area contributed by atoms with Crippen molar-refractivity contribution in [3.8, 4) is 11.8 Å². The molecule has 3 aromatic heterocycles. The Hall–Kier alpha value is -3.70. The second-order valence-electron chi connectivity index (χ2n) is 8.05. The molecule has 34 heavy (non-hydrogen) atoms. The Morgan fingerprint density at radius 2 is 1.82 bits per heavy atom. The SMILES string of the molecule is COc1ncc(N2CCc3ncnc(O[C@H]4CCN(c5ncccn5)C4)c3C2)cc1C(F)(F)F. The molecule has 0 aromatic carbocycles. The van der Waals surface area contributed by atoms with Gasteiger partial charge < -0.3 is 19.3 Å². The number of nitrogens with zero attached hydrogens (tertiary/aromatic N) is 7. The van der Waals surface area contributed by atoms with Crippen molar-refractivity contribution in [1.29, 1.82) is 0 Å². The molecule has 9 nitrogen and oxygen atoms in total. The highest BCUT2D eigenvalue weighted by molar-refractivity contribution is 5.53. The van der Waals surface area contributed by atoms with Crippen LogP contribution in [0.2, 0.25) is 0 Å². The van der Waals surface area contributed by atoms with Crippen LogP contribution in [0.5, 0.6) is 11.8 Å². The minimum absolute atomic E-state index is 0.113. The van der Waals surface area contributed by atoms with Crippen molar-refractivity contribution in [3.63, 3.8) is 0 Å². The van der Waals surface area contributed by atoms with Crippen LogP contribution in [0.25, 0.3) is 0 Å². The van der Waals surface area contributed by atoms with Gasteiger partial charge in [-0.1, -0.05) is 0 Å². The lowest BCUT2D eigenvalue weighted by Gasteiger charge is -2.31. The highest BCUT2D eigenvalue weighted by atomic mass is 19.4. The monoisotopic (exact) mass is 473 g/mol. The molecule has 3 aromatic rings. The van der Waals surface area contributed by atoms with E-state index in [1.54, 1.807) is 18.5 Å². The zero-order valence-electron chi connectivity index (χ0n) is 18.4. The summed E-state index contributed by atoms with van der Waals surface area (Å²) in [5, 5.41) is 0. The van der Waals surface area contributed by atoms with Crippen molar-refractivity contribution in [2.24, 2.45) is 0 Å². The fraction of sp³-hybridized carbons (Fsp3) is 0.409. The second-order valence-corrected chi connectivity index (χ2v) is 8.05. The predicted molar refractivity (Wildman–Crippen MR) is 116 cm³/mol. The van der Waals surface area contributed by atoms with Crippen molar-refractivity contribution >= 4 is 11.6 Å². The molecule has 0 N–H and O–H groups in total.